The molecule has 0 bridgehead atoms. The fourth-order valence-electron chi connectivity index (χ4n) is 2.10. The van der Waals surface area contributed by atoms with Crippen LogP contribution in [0.2, 0.25) is 0 Å². The molecule has 0 aromatic rings. The number of carbonyl (C=O) groups excluding carboxylic acids is 1. The molecule has 1 heterocycles. The van der Waals surface area contributed by atoms with Crippen molar-refractivity contribution < 1.29 is 9.63 Å². The molecule has 2 rings (SSSR count). The maximum atomic E-state index is 11.6. The summed E-state index contributed by atoms with van der Waals surface area (Å²) in [6.07, 6.45) is 5.27. The van der Waals surface area contributed by atoms with E-state index in [9.17, 15) is 4.79 Å². The first-order chi connectivity index (χ1) is 7.16. The first-order valence-corrected chi connectivity index (χ1v) is 5.89. The molecule has 0 spiro atoms. The smallest absolute Gasteiger partial charge is 0.248 e. The summed E-state index contributed by atoms with van der Waals surface area (Å²) in [5.74, 6) is 0.752. The number of nitrogens with two attached hydrogens (primary N) is 1. The summed E-state index contributed by atoms with van der Waals surface area (Å²) in [5, 5.41) is 1.52. The van der Waals surface area contributed by atoms with Crippen LogP contribution in [0.4, 0.5) is 0 Å². The van der Waals surface area contributed by atoms with Crippen molar-refractivity contribution in [3.8, 4) is 0 Å². The number of hydroxylamine groups is 2. The van der Waals surface area contributed by atoms with E-state index in [1.807, 2.05) is 6.92 Å². The minimum absolute atomic E-state index is 0.129. The molecular formula is C11H20N2O2. The fraction of sp³-hybridized carbons (Fsp3) is 0.909. The quantitative estimate of drug-likeness (QED) is 0.758. The topological polar surface area (TPSA) is 55.6 Å². The Morgan fingerprint density at radius 2 is 2.33 bits per heavy atom. The third-order valence-corrected chi connectivity index (χ3v) is 3.38. The molecule has 15 heavy (non-hydrogen) atoms. The lowest BCUT2D eigenvalue weighted by molar-refractivity contribution is -0.183. The summed E-state index contributed by atoms with van der Waals surface area (Å²) in [5.41, 5.74) is 5.65. The van der Waals surface area contributed by atoms with Crippen molar-refractivity contribution in [3.05, 3.63) is 0 Å². The second-order valence-corrected chi connectivity index (χ2v) is 4.80. The molecule has 2 fully saturated rings. The Labute approximate surface area is 90.7 Å². The van der Waals surface area contributed by atoms with Gasteiger partial charge in [-0.25, -0.2) is 5.06 Å². The van der Waals surface area contributed by atoms with Gasteiger partial charge in [0.1, 0.15) is 0 Å². The van der Waals surface area contributed by atoms with Crippen LogP contribution in [-0.4, -0.2) is 29.7 Å². The molecule has 2 atom stereocenters. The Morgan fingerprint density at radius 3 is 2.87 bits per heavy atom. The van der Waals surface area contributed by atoms with Crippen LogP contribution in [0.5, 0.6) is 0 Å². The van der Waals surface area contributed by atoms with Gasteiger partial charge < -0.3 is 5.73 Å². The number of nitrogens with zero attached hydrogens (tertiary/aromatic N) is 1. The Hall–Kier alpha value is -0.610. The van der Waals surface area contributed by atoms with Crippen LogP contribution in [0.15, 0.2) is 0 Å². The molecular weight excluding hydrogens is 192 g/mol. The molecule has 1 aliphatic heterocycles. The highest BCUT2D eigenvalue weighted by atomic mass is 16.7. The van der Waals surface area contributed by atoms with Gasteiger partial charge in [0.25, 0.3) is 0 Å². The average Bonchev–Trinajstić information content (AvgIpc) is 2.40. The van der Waals surface area contributed by atoms with Gasteiger partial charge in [-0.3, -0.25) is 9.63 Å². The summed E-state index contributed by atoms with van der Waals surface area (Å²) in [7, 11) is 0. The zero-order valence-electron chi connectivity index (χ0n) is 9.32. The van der Waals surface area contributed by atoms with E-state index in [2.05, 4.69) is 0 Å². The lowest BCUT2D eigenvalue weighted by Crippen LogP contribution is -2.31. The summed E-state index contributed by atoms with van der Waals surface area (Å²) in [4.78, 5) is 17.3. The van der Waals surface area contributed by atoms with E-state index in [0.29, 0.717) is 18.9 Å². The number of rotatable bonds is 4. The maximum absolute atomic E-state index is 11.6. The highest BCUT2D eigenvalue weighted by molar-refractivity contribution is 5.77. The average molecular weight is 212 g/mol. The molecule has 1 aliphatic carbocycles. The standard InChI is InChI=1S/C11H20N2O2/c1-8(12)5-6-13-11(14)7-10(15-13)9-3-2-4-9/h8-10H,2-7,12H2,1H3. The van der Waals surface area contributed by atoms with Crippen LogP contribution < -0.4 is 5.73 Å². The van der Waals surface area contributed by atoms with Crippen molar-refractivity contribution in [1.82, 2.24) is 5.06 Å². The van der Waals surface area contributed by atoms with Crippen molar-refractivity contribution in [2.75, 3.05) is 6.54 Å². The number of hydrogen-bond acceptors (Lipinski definition) is 3. The van der Waals surface area contributed by atoms with Crippen molar-refractivity contribution in [3.63, 3.8) is 0 Å². The van der Waals surface area contributed by atoms with Crippen molar-refractivity contribution in [2.24, 2.45) is 11.7 Å². The number of carbonyl (C=O) groups is 1. The van der Waals surface area contributed by atoms with Crippen LogP contribution in [0.1, 0.15) is 39.0 Å². The fourth-order valence-corrected chi connectivity index (χ4v) is 2.10. The molecule has 1 saturated heterocycles. The van der Waals surface area contributed by atoms with Crippen LogP contribution in [0.25, 0.3) is 0 Å². The summed E-state index contributed by atoms with van der Waals surface area (Å²) in [6.45, 7) is 2.59. The Kier molecular flexibility index (Phi) is 3.26. The van der Waals surface area contributed by atoms with Gasteiger partial charge in [-0.05, 0) is 32.1 Å². The second-order valence-electron chi connectivity index (χ2n) is 4.80. The molecule has 4 heteroatoms. The lowest BCUT2D eigenvalue weighted by atomic mass is 9.80. The van der Waals surface area contributed by atoms with E-state index < -0.39 is 0 Å². The molecule has 4 nitrogen and oxygen atoms in total. The highest BCUT2D eigenvalue weighted by Crippen LogP contribution is 2.35. The molecule has 0 aromatic carbocycles. The normalized spacial score (nSPS) is 29.3. The highest BCUT2D eigenvalue weighted by Gasteiger charge is 2.38. The minimum atomic E-state index is 0.129. The number of amides is 1. The first-order valence-electron chi connectivity index (χ1n) is 5.89. The molecule has 86 valence electrons. The summed E-state index contributed by atoms with van der Waals surface area (Å²) in [6, 6.07) is 0.129. The van der Waals surface area contributed by atoms with E-state index in [4.69, 9.17) is 10.6 Å². The van der Waals surface area contributed by atoms with Crippen LogP contribution in [-0.2, 0) is 9.63 Å². The third-order valence-electron chi connectivity index (χ3n) is 3.38. The Bertz CT molecular complexity index is 239. The summed E-state index contributed by atoms with van der Waals surface area (Å²) >= 11 is 0. The third kappa shape index (κ3) is 2.49. The van der Waals surface area contributed by atoms with Gasteiger partial charge in [-0.15, -0.1) is 0 Å². The summed E-state index contributed by atoms with van der Waals surface area (Å²) < 4.78 is 0. The van der Waals surface area contributed by atoms with Gasteiger partial charge in [0.2, 0.25) is 5.91 Å². The lowest BCUT2D eigenvalue weighted by Gasteiger charge is -2.30. The van der Waals surface area contributed by atoms with Crippen molar-refractivity contribution in [1.29, 1.82) is 0 Å². The molecule has 2 N–H and O–H groups in total. The second kappa shape index (κ2) is 4.49. The van der Waals surface area contributed by atoms with Gasteiger partial charge in [0.05, 0.1) is 19.1 Å². The van der Waals surface area contributed by atoms with Gasteiger partial charge in [-0.2, -0.15) is 0 Å². The Morgan fingerprint density at radius 1 is 1.60 bits per heavy atom. The van der Waals surface area contributed by atoms with E-state index >= 15 is 0 Å². The first kappa shape index (κ1) is 10.9. The van der Waals surface area contributed by atoms with E-state index in [1.165, 1.54) is 24.3 Å². The molecule has 2 unspecified atom stereocenters. The predicted molar refractivity (Wildman–Crippen MR) is 56.8 cm³/mol. The van der Waals surface area contributed by atoms with Crippen molar-refractivity contribution >= 4 is 5.91 Å². The molecule has 2 aliphatic rings. The zero-order chi connectivity index (χ0) is 10.8. The molecule has 0 radical (unpaired) electrons. The number of hydrogen-bond donors (Lipinski definition) is 1. The van der Waals surface area contributed by atoms with Crippen LogP contribution in [0.3, 0.4) is 0 Å². The van der Waals surface area contributed by atoms with Crippen LogP contribution >= 0.6 is 0 Å². The van der Waals surface area contributed by atoms with Crippen LogP contribution in [0, 0.1) is 5.92 Å². The van der Waals surface area contributed by atoms with E-state index in [-0.39, 0.29) is 18.1 Å². The van der Waals surface area contributed by atoms with Gasteiger partial charge in [0.15, 0.2) is 0 Å². The Balaban J connectivity index is 1.78. The SMILES string of the molecule is CC(N)CCN1OC(C2CCC2)CC1=O. The molecule has 1 amide bonds. The van der Waals surface area contributed by atoms with Crippen molar-refractivity contribution in [2.45, 2.75) is 51.2 Å². The maximum Gasteiger partial charge on any atom is 0.248 e. The molecule has 0 aromatic heterocycles. The molecule has 1 saturated carbocycles. The largest absolute Gasteiger partial charge is 0.328 e. The van der Waals surface area contributed by atoms with E-state index in [0.717, 1.165) is 6.42 Å². The van der Waals surface area contributed by atoms with Gasteiger partial charge in [0, 0.05) is 6.04 Å². The van der Waals surface area contributed by atoms with Gasteiger partial charge >= 0.3 is 0 Å². The van der Waals surface area contributed by atoms with E-state index in [1.54, 1.807) is 0 Å². The zero-order valence-corrected chi connectivity index (χ0v) is 9.32. The van der Waals surface area contributed by atoms with Gasteiger partial charge in [-0.1, -0.05) is 6.42 Å². The monoisotopic (exact) mass is 212 g/mol. The predicted octanol–water partition coefficient (Wildman–Crippen LogP) is 1.06. The minimum Gasteiger partial charge on any atom is -0.328 e.